The van der Waals surface area contributed by atoms with E-state index in [-0.39, 0.29) is 0 Å². The summed E-state index contributed by atoms with van der Waals surface area (Å²) in [5.74, 6) is 0.741. The van der Waals surface area contributed by atoms with E-state index in [1.165, 1.54) is 0 Å². The van der Waals surface area contributed by atoms with Crippen molar-refractivity contribution in [1.29, 1.82) is 5.26 Å². The van der Waals surface area contributed by atoms with Gasteiger partial charge < -0.3 is 5.32 Å². The molecular formula is C13H12N4. The van der Waals surface area contributed by atoms with Crippen molar-refractivity contribution in [2.45, 2.75) is 6.92 Å². The Morgan fingerprint density at radius 3 is 2.88 bits per heavy atom. The molecule has 4 heteroatoms. The second kappa shape index (κ2) is 5.08. The third kappa shape index (κ3) is 2.40. The van der Waals surface area contributed by atoms with Gasteiger partial charge in [-0.25, -0.2) is 4.98 Å². The molecule has 17 heavy (non-hydrogen) atoms. The van der Waals surface area contributed by atoms with Gasteiger partial charge in [-0.05, 0) is 19.1 Å². The lowest BCUT2D eigenvalue weighted by Gasteiger charge is -2.08. The molecule has 0 amide bonds. The first-order valence-corrected chi connectivity index (χ1v) is 5.40. The molecule has 0 fully saturated rings. The molecule has 0 radical (unpaired) electrons. The lowest BCUT2D eigenvalue weighted by Crippen LogP contribution is -2.02. The summed E-state index contributed by atoms with van der Waals surface area (Å²) >= 11 is 0. The number of rotatable bonds is 3. The van der Waals surface area contributed by atoms with Gasteiger partial charge in [0.25, 0.3) is 0 Å². The van der Waals surface area contributed by atoms with E-state index in [1.807, 2.05) is 25.1 Å². The van der Waals surface area contributed by atoms with E-state index in [9.17, 15) is 0 Å². The van der Waals surface area contributed by atoms with E-state index in [2.05, 4.69) is 21.4 Å². The van der Waals surface area contributed by atoms with Crippen LogP contribution in [0.25, 0.3) is 11.3 Å². The largest absolute Gasteiger partial charge is 0.369 e. The molecule has 2 aromatic rings. The van der Waals surface area contributed by atoms with Crippen LogP contribution in [0.5, 0.6) is 0 Å². The van der Waals surface area contributed by atoms with Crippen LogP contribution >= 0.6 is 0 Å². The Morgan fingerprint density at radius 1 is 1.29 bits per heavy atom. The van der Waals surface area contributed by atoms with Gasteiger partial charge in [0.2, 0.25) is 0 Å². The van der Waals surface area contributed by atoms with Crippen molar-refractivity contribution in [3.05, 3.63) is 42.2 Å². The summed E-state index contributed by atoms with van der Waals surface area (Å²) in [6.45, 7) is 2.79. The summed E-state index contributed by atoms with van der Waals surface area (Å²) in [4.78, 5) is 8.55. The monoisotopic (exact) mass is 224 g/mol. The molecule has 0 spiro atoms. The van der Waals surface area contributed by atoms with Crippen molar-refractivity contribution in [3.8, 4) is 17.3 Å². The zero-order chi connectivity index (χ0) is 12.1. The third-order valence-corrected chi connectivity index (χ3v) is 2.31. The minimum Gasteiger partial charge on any atom is -0.369 e. The van der Waals surface area contributed by atoms with Crippen LogP contribution in [0.2, 0.25) is 0 Å². The van der Waals surface area contributed by atoms with E-state index in [4.69, 9.17) is 5.26 Å². The van der Waals surface area contributed by atoms with Crippen LogP contribution in [-0.2, 0) is 0 Å². The van der Waals surface area contributed by atoms with Crippen molar-refractivity contribution >= 4 is 5.82 Å². The van der Waals surface area contributed by atoms with E-state index in [1.54, 1.807) is 18.5 Å². The molecule has 0 bridgehead atoms. The molecule has 0 saturated heterocycles. The predicted octanol–water partition coefficient (Wildman–Crippen LogP) is 2.45. The average Bonchev–Trinajstić information content (AvgIpc) is 2.40. The topological polar surface area (TPSA) is 61.6 Å². The molecule has 4 nitrogen and oxygen atoms in total. The molecule has 0 aliphatic heterocycles. The van der Waals surface area contributed by atoms with Crippen LogP contribution in [0.15, 0.2) is 36.7 Å². The van der Waals surface area contributed by atoms with Crippen LogP contribution in [-0.4, -0.2) is 16.5 Å². The number of hydrogen-bond acceptors (Lipinski definition) is 4. The van der Waals surface area contributed by atoms with Gasteiger partial charge in [0.05, 0.1) is 11.6 Å². The van der Waals surface area contributed by atoms with Crippen molar-refractivity contribution in [3.63, 3.8) is 0 Å². The molecule has 2 rings (SSSR count). The van der Waals surface area contributed by atoms with Crippen LogP contribution in [0, 0.1) is 11.3 Å². The minimum absolute atomic E-state index is 0.621. The molecule has 0 saturated carbocycles. The van der Waals surface area contributed by atoms with Crippen molar-refractivity contribution in [2.24, 2.45) is 0 Å². The highest BCUT2D eigenvalue weighted by Gasteiger charge is 2.07. The second-order valence-corrected chi connectivity index (χ2v) is 3.48. The Balaban J connectivity index is 2.48. The zero-order valence-electron chi connectivity index (χ0n) is 9.51. The molecule has 1 aromatic heterocycles. The van der Waals surface area contributed by atoms with Gasteiger partial charge >= 0.3 is 0 Å². The summed E-state index contributed by atoms with van der Waals surface area (Å²) in [5, 5.41) is 12.0. The number of benzene rings is 1. The fraction of sp³-hybridized carbons (Fsp3) is 0.154. The van der Waals surface area contributed by atoms with E-state index in [0.717, 1.165) is 23.6 Å². The first kappa shape index (κ1) is 11.1. The summed E-state index contributed by atoms with van der Waals surface area (Å²) in [6.07, 6.45) is 3.30. The molecule has 0 aliphatic carbocycles. The Bertz CT molecular complexity index is 557. The number of nitriles is 1. The molecule has 1 N–H and O–H groups in total. The van der Waals surface area contributed by atoms with Crippen molar-refractivity contribution < 1.29 is 0 Å². The Morgan fingerprint density at radius 2 is 2.12 bits per heavy atom. The first-order chi connectivity index (χ1) is 8.35. The highest BCUT2D eigenvalue weighted by Crippen LogP contribution is 2.23. The van der Waals surface area contributed by atoms with Gasteiger partial charge in [0, 0.05) is 24.5 Å². The fourth-order valence-corrected chi connectivity index (χ4v) is 1.58. The maximum absolute atomic E-state index is 8.88. The van der Waals surface area contributed by atoms with Gasteiger partial charge in [-0.2, -0.15) is 5.26 Å². The molecule has 84 valence electrons. The number of nitrogens with one attached hydrogen (secondary N) is 1. The van der Waals surface area contributed by atoms with E-state index >= 15 is 0 Å². The number of nitrogens with zero attached hydrogens (tertiary/aromatic N) is 3. The van der Waals surface area contributed by atoms with Gasteiger partial charge in [0.1, 0.15) is 5.69 Å². The molecule has 0 atom stereocenters. The Kier molecular flexibility index (Phi) is 3.31. The predicted molar refractivity (Wildman–Crippen MR) is 66.3 cm³/mol. The smallest absolute Gasteiger partial charge is 0.152 e. The molecule has 0 unspecified atom stereocenters. The van der Waals surface area contributed by atoms with Crippen LogP contribution in [0.1, 0.15) is 12.5 Å². The van der Waals surface area contributed by atoms with Crippen LogP contribution in [0.4, 0.5) is 5.82 Å². The molecule has 1 aromatic carbocycles. The second-order valence-electron chi connectivity index (χ2n) is 3.48. The van der Waals surface area contributed by atoms with Crippen molar-refractivity contribution in [2.75, 3.05) is 11.9 Å². The summed E-state index contributed by atoms with van der Waals surface area (Å²) in [5.41, 5.74) is 2.29. The minimum atomic E-state index is 0.621. The lowest BCUT2D eigenvalue weighted by atomic mass is 10.1. The SMILES string of the molecule is CCNc1nccnc1-c1cccc(C#N)c1. The van der Waals surface area contributed by atoms with Gasteiger partial charge in [-0.3, -0.25) is 4.98 Å². The van der Waals surface area contributed by atoms with Gasteiger partial charge in [-0.15, -0.1) is 0 Å². The normalized spacial score (nSPS) is 9.65. The molecule has 0 aliphatic rings. The summed E-state index contributed by atoms with van der Waals surface area (Å²) in [6, 6.07) is 9.47. The van der Waals surface area contributed by atoms with E-state index in [0.29, 0.717) is 5.56 Å². The maximum atomic E-state index is 8.88. The number of anilines is 1. The fourth-order valence-electron chi connectivity index (χ4n) is 1.58. The third-order valence-electron chi connectivity index (χ3n) is 2.31. The van der Waals surface area contributed by atoms with E-state index < -0.39 is 0 Å². The van der Waals surface area contributed by atoms with Gasteiger partial charge in [0.15, 0.2) is 5.82 Å². The van der Waals surface area contributed by atoms with Crippen LogP contribution < -0.4 is 5.32 Å². The van der Waals surface area contributed by atoms with Crippen LogP contribution in [0.3, 0.4) is 0 Å². The quantitative estimate of drug-likeness (QED) is 0.869. The zero-order valence-corrected chi connectivity index (χ0v) is 9.51. The summed E-state index contributed by atoms with van der Waals surface area (Å²) < 4.78 is 0. The lowest BCUT2D eigenvalue weighted by molar-refractivity contribution is 1.12. The summed E-state index contributed by atoms with van der Waals surface area (Å²) in [7, 11) is 0. The first-order valence-electron chi connectivity index (χ1n) is 5.40. The van der Waals surface area contributed by atoms with Crippen molar-refractivity contribution in [1.82, 2.24) is 9.97 Å². The Hall–Kier alpha value is -2.41. The highest BCUT2D eigenvalue weighted by atomic mass is 15.0. The highest BCUT2D eigenvalue weighted by molar-refractivity contribution is 5.72. The maximum Gasteiger partial charge on any atom is 0.152 e. The average molecular weight is 224 g/mol. The standard InChI is InChI=1S/C13H12N4/c1-2-15-13-12(16-6-7-17-13)11-5-3-4-10(8-11)9-14/h3-8H,2H2,1H3,(H,15,17). The Labute approximate surface area is 100.0 Å². The van der Waals surface area contributed by atoms with Gasteiger partial charge in [-0.1, -0.05) is 12.1 Å². The molecular weight excluding hydrogens is 212 g/mol. The number of hydrogen-bond donors (Lipinski definition) is 1. The number of aromatic nitrogens is 2. The molecule has 1 heterocycles.